The number of rotatable bonds is 5. The zero-order valence-electron chi connectivity index (χ0n) is 8.79. The Labute approximate surface area is 93.7 Å². The van der Waals surface area contributed by atoms with Crippen LogP contribution in [0.1, 0.15) is 6.42 Å². The van der Waals surface area contributed by atoms with Crippen molar-refractivity contribution in [2.45, 2.75) is 6.42 Å². The van der Waals surface area contributed by atoms with Crippen molar-refractivity contribution in [3.8, 4) is 0 Å². The number of H-pyrrole nitrogens is 1. The number of hydrogen-bond acceptors (Lipinski definition) is 3. The van der Waals surface area contributed by atoms with Gasteiger partial charge in [-0.2, -0.15) is 11.8 Å². The van der Waals surface area contributed by atoms with Crippen molar-refractivity contribution in [3.05, 3.63) is 24.3 Å². The molecule has 0 spiro atoms. The van der Waals surface area contributed by atoms with E-state index in [1.54, 1.807) is 0 Å². The van der Waals surface area contributed by atoms with Gasteiger partial charge >= 0.3 is 0 Å². The van der Waals surface area contributed by atoms with Crippen LogP contribution in [-0.2, 0) is 0 Å². The Morgan fingerprint density at radius 2 is 2.27 bits per heavy atom. The summed E-state index contributed by atoms with van der Waals surface area (Å²) in [5.74, 6) is 2.06. The van der Waals surface area contributed by atoms with E-state index in [0.29, 0.717) is 0 Å². The number of nitrogens with zero attached hydrogens (tertiary/aromatic N) is 1. The fourth-order valence-corrected chi connectivity index (χ4v) is 1.89. The number of aromatic amines is 1. The minimum Gasteiger partial charge on any atom is -0.356 e. The van der Waals surface area contributed by atoms with Gasteiger partial charge in [0.25, 0.3) is 0 Å². The van der Waals surface area contributed by atoms with Crippen LogP contribution in [0.3, 0.4) is 0 Å². The molecule has 0 aliphatic carbocycles. The molecular weight excluding hydrogens is 206 g/mol. The third kappa shape index (κ3) is 2.65. The van der Waals surface area contributed by atoms with Crippen molar-refractivity contribution in [2.75, 3.05) is 23.9 Å². The Morgan fingerprint density at radius 3 is 3.07 bits per heavy atom. The first kappa shape index (κ1) is 10.4. The fraction of sp³-hybridized carbons (Fsp3) is 0.364. The van der Waals surface area contributed by atoms with Gasteiger partial charge in [-0.05, 0) is 30.6 Å². The highest BCUT2D eigenvalue weighted by Gasteiger charge is 1.99. The lowest BCUT2D eigenvalue weighted by atomic mass is 10.3. The maximum atomic E-state index is 4.44. The molecule has 0 radical (unpaired) electrons. The Balaban J connectivity index is 1.97. The van der Waals surface area contributed by atoms with Crippen LogP contribution >= 0.6 is 11.8 Å². The Kier molecular flexibility index (Phi) is 3.50. The minimum atomic E-state index is 0.873. The van der Waals surface area contributed by atoms with Crippen molar-refractivity contribution in [2.24, 2.45) is 0 Å². The average molecular weight is 221 g/mol. The van der Waals surface area contributed by atoms with Gasteiger partial charge in [-0.25, -0.2) is 4.98 Å². The first-order valence-electron chi connectivity index (χ1n) is 5.08. The van der Waals surface area contributed by atoms with Crippen molar-refractivity contribution < 1.29 is 0 Å². The number of fused-ring (bicyclic) bond motifs is 1. The highest BCUT2D eigenvalue weighted by molar-refractivity contribution is 7.98. The van der Waals surface area contributed by atoms with Crippen LogP contribution in [0.2, 0.25) is 0 Å². The van der Waals surface area contributed by atoms with Crippen LogP contribution in [0.4, 0.5) is 5.95 Å². The zero-order valence-corrected chi connectivity index (χ0v) is 9.60. The first-order chi connectivity index (χ1) is 7.40. The third-order valence-electron chi connectivity index (χ3n) is 2.21. The summed E-state index contributed by atoms with van der Waals surface area (Å²) in [7, 11) is 0. The lowest BCUT2D eigenvalue weighted by molar-refractivity contribution is 0.976. The summed E-state index contributed by atoms with van der Waals surface area (Å²) < 4.78 is 0. The van der Waals surface area contributed by atoms with Crippen LogP contribution in [0.15, 0.2) is 24.3 Å². The second-order valence-corrected chi connectivity index (χ2v) is 4.36. The van der Waals surface area contributed by atoms with E-state index >= 15 is 0 Å². The van der Waals surface area contributed by atoms with Crippen molar-refractivity contribution in [3.63, 3.8) is 0 Å². The summed E-state index contributed by atoms with van der Waals surface area (Å²) in [6.07, 6.45) is 3.29. The molecule has 2 N–H and O–H groups in total. The number of anilines is 1. The molecule has 2 aromatic rings. The van der Waals surface area contributed by atoms with Gasteiger partial charge in [0, 0.05) is 6.54 Å². The van der Waals surface area contributed by atoms with E-state index in [1.165, 1.54) is 5.75 Å². The molecule has 1 aromatic carbocycles. The van der Waals surface area contributed by atoms with E-state index in [4.69, 9.17) is 0 Å². The van der Waals surface area contributed by atoms with Gasteiger partial charge < -0.3 is 10.3 Å². The SMILES string of the molecule is CSCCCNc1nc2ccccc2[nH]1. The van der Waals surface area contributed by atoms with Crippen LogP contribution in [0.25, 0.3) is 11.0 Å². The summed E-state index contributed by atoms with van der Waals surface area (Å²) in [5.41, 5.74) is 2.11. The monoisotopic (exact) mass is 221 g/mol. The van der Waals surface area contributed by atoms with E-state index in [0.717, 1.165) is 29.9 Å². The minimum absolute atomic E-state index is 0.873. The van der Waals surface area contributed by atoms with Crippen molar-refractivity contribution in [1.29, 1.82) is 0 Å². The quantitative estimate of drug-likeness (QED) is 0.763. The molecular formula is C11H15N3S. The highest BCUT2D eigenvalue weighted by atomic mass is 32.2. The van der Waals surface area contributed by atoms with Crippen LogP contribution in [0, 0.1) is 0 Å². The number of aromatic nitrogens is 2. The van der Waals surface area contributed by atoms with E-state index in [2.05, 4.69) is 21.5 Å². The van der Waals surface area contributed by atoms with Gasteiger partial charge in [-0.15, -0.1) is 0 Å². The maximum absolute atomic E-state index is 4.44. The van der Waals surface area contributed by atoms with E-state index in [9.17, 15) is 0 Å². The molecule has 15 heavy (non-hydrogen) atoms. The predicted octanol–water partition coefficient (Wildman–Crippen LogP) is 2.73. The molecule has 4 heteroatoms. The number of para-hydroxylation sites is 2. The molecule has 0 fully saturated rings. The lowest BCUT2D eigenvalue weighted by Crippen LogP contribution is -2.03. The molecule has 0 saturated heterocycles. The summed E-state index contributed by atoms with van der Waals surface area (Å²) >= 11 is 1.87. The molecule has 0 atom stereocenters. The molecule has 3 nitrogen and oxygen atoms in total. The standard InChI is InChI=1S/C11H15N3S/c1-15-8-4-7-12-11-13-9-5-2-3-6-10(9)14-11/h2-3,5-6H,4,7-8H2,1H3,(H2,12,13,14). The van der Waals surface area contributed by atoms with Crippen LogP contribution < -0.4 is 5.32 Å². The normalized spacial score (nSPS) is 10.7. The molecule has 1 aromatic heterocycles. The first-order valence-corrected chi connectivity index (χ1v) is 6.47. The summed E-state index contributed by atoms with van der Waals surface area (Å²) in [6.45, 7) is 0.973. The Hall–Kier alpha value is -1.16. The van der Waals surface area contributed by atoms with E-state index < -0.39 is 0 Å². The highest BCUT2D eigenvalue weighted by Crippen LogP contribution is 2.13. The average Bonchev–Trinajstić information content (AvgIpc) is 2.67. The molecule has 0 saturated carbocycles. The van der Waals surface area contributed by atoms with Gasteiger partial charge in [0.15, 0.2) is 0 Å². The topological polar surface area (TPSA) is 40.7 Å². The summed E-state index contributed by atoms with van der Waals surface area (Å²) in [4.78, 5) is 7.68. The second kappa shape index (κ2) is 5.07. The van der Waals surface area contributed by atoms with Crippen molar-refractivity contribution in [1.82, 2.24) is 9.97 Å². The molecule has 0 bridgehead atoms. The Morgan fingerprint density at radius 1 is 1.40 bits per heavy atom. The molecule has 1 heterocycles. The summed E-state index contributed by atoms with van der Waals surface area (Å²) in [6, 6.07) is 8.06. The smallest absolute Gasteiger partial charge is 0.201 e. The van der Waals surface area contributed by atoms with Gasteiger partial charge in [0.1, 0.15) is 0 Å². The van der Waals surface area contributed by atoms with Crippen molar-refractivity contribution >= 4 is 28.7 Å². The molecule has 80 valence electrons. The van der Waals surface area contributed by atoms with Gasteiger partial charge in [0.05, 0.1) is 11.0 Å². The van der Waals surface area contributed by atoms with E-state index in [1.807, 2.05) is 36.0 Å². The number of benzene rings is 1. The Bertz CT molecular complexity index is 391. The molecule has 0 amide bonds. The van der Waals surface area contributed by atoms with Gasteiger partial charge in [-0.1, -0.05) is 12.1 Å². The number of imidazole rings is 1. The third-order valence-corrected chi connectivity index (χ3v) is 2.90. The number of thioether (sulfide) groups is 1. The number of hydrogen-bond donors (Lipinski definition) is 2. The molecule has 0 unspecified atom stereocenters. The zero-order chi connectivity index (χ0) is 10.5. The lowest BCUT2D eigenvalue weighted by Gasteiger charge is -2.00. The number of nitrogens with one attached hydrogen (secondary N) is 2. The van der Waals surface area contributed by atoms with Gasteiger partial charge in [-0.3, -0.25) is 0 Å². The van der Waals surface area contributed by atoms with E-state index in [-0.39, 0.29) is 0 Å². The molecule has 0 aliphatic rings. The molecule has 2 rings (SSSR count). The summed E-state index contributed by atoms with van der Waals surface area (Å²) in [5, 5.41) is 3.29. The largest absolute Gasteiger partial charge is 0.356 e. The maximum Gasteiger partial charge on any atom is 0.201 e. The van der Waals surface area contributed by atoms with Crippen LogP contribution in [0.5, 0.6) is 0 Å². The second-order valence-electron chi connectivity index (χ2n) is 3.38. The predicted molar refractivity (Wildman–Crippen MR) is 67.6 cm³/mol. The fourth-order valence-electron chi connectivity index (χ4n) is 1.46. The van der Waals surface area contributed by atoms with Gasteiger partial charge in [0.2, 0.25) is 5.95 Å². The molecule has 0 aliphatic heterocycles. The van der Waals surface area contributed by atoms with Crippen LogP contribution in [-0.4, -0.2) is 28.5 Å².